The Hall–Kier alpha value is -2.69. The van der Waals surface area contributed by atoms with Crippen molar-refractivity contribution in [3.63, 3.8) is 0 Å². The fourth-order valence-electron chi connectivity index (χ4n) is 2.26. The van der Waals surface area contributed by atoms with Crippen molar-refractivity contribution in [1.29, 1.82) is 0 Å². The summed E-state index contributed by atoms with van der Waals surface area (Å²) in [4.78, 5) is 23.8. The van der Waals surface area contributed by atoms with E-state index in [9.17, 15) is 14.0 Å². The van der Waals surface area contributed by atoms with Crippen molar-refractivity contribution in [2.24, 2.45) is 0 Å². The van der Waals surface area contributed by atoms with Gasteiger partial charge in [-0.3, -0.25) is 4.79 Å². The number of halogens is 1. The van der Waals surface area contributed by atoms with E-state index in [-0.39, 0.29) is 24.1 Å². The molecule has 0 heterocycles. The summed E-state index contributed by atoms with van der Waals surface area (Å²) in [6.07, 6.45) is 0.723. The molecule has 126 valence electrons. The Bertz CT molecular complexity index is 696. The second-order valence-corrected chi connectivity index (χ2v) is 5.52. The van der Waals surface area contributed by atoms with Gasteiger partial charge in [-0.05, 0) is 43.2 Å². The molecule has 0 saturated heterocycles. The van der Waals surface area contributed by atoms with Gasteiger partial charge in [-0.1, -0.05) is 36.8 Å². The zero-order valence-corrected chi connectivity index (χ0v) is 13.7. The number of nitrogens with one attached hydrogen (secondary N) is 1. The van der Waals surface area contributed by atoms with Crippen LogP contribution >= 0.6 is 0 Å². The van der Waals surface area contributed by atoms with Gasteiger partial charge in [0.05, 0.1) is 11.6 Å². The van der Waals surface area contributed by atoms with Crippen LogP contribution in [0.25, 0.3) is 0 Å². The third-order valence-electron chi connectivity index (χ3n) is 3.64. The second-order valence-electron chi connectivity index (χ2n) is 5.52. The lowest BCUT2D eigenvalue weighted by atomic mass is 10.0. The predicted octanol–water partition coefficient (Wildman–Crippen LogP) is 3.56. The molecule has 1 amide bonds. The molecule has 0 aliphatic carbocycles. The molecule has 0 bridgehead atoms. The van der Waals surface area contributed by atoms with Gasteiger partial charge in [-0.25, -0.2) is 9.18 Å². The summed E-state index contributed by atoms with van der Waals surface area (Å²) in [5, 5.41) is 2.84. The van der Waals surface area contributed by atoms with Crippen LogP contribution in [0.15, 0.2) is 48.5 Å². The molecule has 0 aliphatic rings. The molecule has 0 aromatic heterocycles. The highest BCUT2D eigenvalue weighted by Crippen LogP contribution is 2.17. The number of hydrogen-bond acceptors (Lipinski definition) is 3. The molecule has 1 N–H and O–H groups in total. The van der Waals surface area contributed by atoms with Crippen LogP contribution in [-0.4, -0.2) is 18.5 Å². The molecule has 0 radical (unpaired) electrons. The number of carbonyl (C=O) groups excluding carboxylic acids is 2. The monoisotopic (exact) mass is 329 g/mol. The SMILES string of the molecule is CC[C@H](NC(=O)COC(=O)c1ccc(F)cc1)c1ccc(C)cc1. The van der Waals surface area contributed by atoms with Gasteiger partial charge in [0, 0.05) is 0 Å². The summed E-state index contributed by atoms with van der Waals surface area (Å²) in [7, 11) is 0. The first-order valence-electron chi connectivity index (χ1n) is 7.78. The second kappa shape index (κ2) is 8.24. The summed E-state index contributed by atoms with van der Waals surface area (Å²) in [5.41, 5.74) is 2.35. The van der Waals surface area contributed by atoms with Crippen LogP contribution in [-0.2, 0) is 9.53 Å². The molecule has 0 spiro atoms. The Balaban J connectivity index is 1.88. The molecule has 2 aromatic rings. The van der Waals surface area contributed by atoms with E-state index in [1.165, 1.54) is 24.3 Å². The van der Waals surface area contributed by atoms with E-state index in [2.05, 4.69) is 5.32 Å². The minimum Gasteiger partial charge on any atom is -0.452 e. The number of amides is 1. The highest BCUT2D eigenvalue weighted by atomic mass is 19.1. The molecule has 4 nitrogen and oxygen atoms in total. The van der Waals surface area contributed by atoms with Gasteiger partial charge in [-0.15, -0.1) is 0 Å². The third-order valence-corrected chi connectivity index (χ3v) is 3.64. The van der Waals surface area contributed by atoms with Crippen molar-refractivity contribution in [3.8, 4) is 0 Å². The van der Waals surface area contributed by atoms with E-state index < -0.39 is 11.8 Å². The summed E-state index contributed by atoms with van der Waals surface area (Å²) >= 11 is 0. The number of aryl methyl sites for hydroxylation is 1. The molecule has 0 fully saturated rings. The van der Waals surface area contributed by atoms with Gasteiger partial charge < -0.3 is 10.1 Å². The van der Waals surface area contributed by atoms with Crippen molar-refractivity contribution in [2.75, 3.05) is 6.61 Å². The molecule has 24 heavy (non-hydrogen) atoms. The van der Waals surface area contributed by atoms with Gasteiger partial charge in [0.2, 0.25) is 0 Å². The van der Waals surface area contributed by atoms with Gasteiger partial charge >= 0.3 is 5.97 Å². The van der Waals surface area contributed by atoms with Crippen molar-refractivity contribution in [2.45, 2.75) is 26.3 Å². The minimum absolute atomic E-state index is 0.136. The van der Waals surface area contributed by atoms with Crippen LogP contribution in [0.4, 0.5) is 4.39 Å². The van der Waals surface area contributed by atoms with E-state index in [1.807, 2.05) is 38.1 Å². The molecule has 0 unspecified atom stereocenters. The lowest BCUT2D eigenvalue weighted by Crippen LogP contribution is -2.32. The third kappa shape index (κ3) is 4.91. The Morgan fingerprint density at radius 1 is 1.08 bits per heavy atom. The first-order chi connectivity index (χ1) is 11.5. The maximum atomic E-state index is 12.8. The average molecular weight is 329 g/mol. The number of hydrogen-bond donors (Lipinski definition) is 1. The minimum atomic E-state index is -0.659. The molecule has 0 saturated carbocycles. The standard InChI is InChI=1S/C19H20FNO3/c1-3-17(14-6-4-13(2)5-7-14)21-18(22)12-24-19(23)15-8-10-16(20)11-9-15/h4-11,17H,3,12H2,1-2H3,(H,21,22)/t17-/m0/s1. The van der Waals surface area contributed by atoms with Crippen molar-refractivity contribution in [3.05, 3.63) is 71.0 Å². The summed E-state index contributed by atoms with van der Waals surface area (Å²) in [5.74, 6) is -1.47. The molecule has 0 aliphatic heterocycles. The van der Waals surface area contributed by atoms with E-state index in [0.717, 1.165) is 17.5 Å². The summed E-state index contributed by atoms with van der Waals surface area (Å²) in [6, 6.07) is 12.7. The quantitative estimate of drug-likeness (QED) is 0.825. The molecule has 5 heteroatoms. The topological polar surface area (TPSA) is 55.4 Å². The summed E-state index contributed by atoms with van der Waals surface area (Å²) < 4.78 is 17.8. The van der Waals surface area contributed by atoms with Crippen molar-refractivity contribution < 1.29 is 18.7 Å². The Morgan fingerprint density at radius 3 is 2.29 bits per heavy atom. The van der Waals surface area contributed by atoms with Crippen molar-refractivity contribution in [1.82, 2.24) is 5.32 Å². The van der Waals surface area contributed by atoms with Gasteiger partial charge in [0.15, 0.2) is 6.61 Å². The molecule has 1 atom stereocenters. The Kier molecular flexibility index (Phi) is 6.07. The molecule has 2 aromatic carbocycles. The number of benzene rings is 2. The zero-order valence-electron chi connectivity index (χ0n) is 13.7. The van der Waals surface area contributed by atoms with Gasteiger partial charge in [0.25, 0.3) is 5.91 Å². The first kappa shape index (κ1) is 17.7. The molecule has 2 rings (SSSR count). The summed E-state index contributed by atoms with van der Waals surface area (Å²) in [6.45, 7) is 3.59. The Morgan fingerprint density at radius 2 is 1.71 bits per heavy atom. The number of rotatable bonds is 6. The lowest BCUT2D eigenvalue weighted by Gasteiger charge is -2.17. The average Bonchev–Trinajstić information content (AvgIpc) is 2.59. The van der Waals surface area contributed by atoms with Crippen LogP contribution in [0, 0.1) is 12.7 Å². The van der Waals surface area contributed by atoms with E-state index in [0.29, 0.717) is 0 Å². The number of ether oxygens (including phenoxy) is 1. The van der Waals surface area contributed by atoms with E-state index in [4.69, 9.17) is 4.74 Å². The van der Waals surface area contributed by atoms with Crippen LogP contribution in [0.5, 0.6) is 0 Å². The largest absolute Gasteiger partial charge is 0.452 e. The maximum Gasteiger partial charge on any atom is 0.338 e. The van der Waals surface area contributed by atoms with Crippen LogP contribution < -0.4 is 5.32 Å². The lowest BCUT2D eigenvalue weighted by molar-refractivity contribution is -0.125. The zero-order chi connectivity index (χ0) is 17.5. The fraction of sp³-hybridized carbons (Fsp3) is 0.263. The van der Waals surface area contributed by atoms with Crippen LogP contribution in [0.2, 0.25) is 0 Å². The smallest absolute Gasteiger partial charge is 0.338 e. The van der Waals surface area contributed by atoms with Gasteiger partial charge in [-0.2, -0.15) is 0 Å². The maximum absolute atomic E-state index is 12.8. The van der Waals surface area contributed by atoms with Crippen LogP contribution in [0.1, 0.15) is 40.9 Å². The predicted molar refractivity (Wildman–Crippen MR) is 89.0 cm³/mol. The highest BCUT2D eigenvalue weighted by molar-refractivity contribution is 5.91. The Labute approximate surface area is 140 Å². The van der Waals surface area contributed by atoms with Crippen molar-refractivity contribution >= 4 is 11.9 Å². The fourth-order valence-corrected chi connectivity index (χ4v) is 2.26. The number of carbonyl (C=O) groups is 2. The van der Waals surface area contributed by atoms with E-state index in [1.54, 1.807) is 0 Å². The first-order valence-corrected chi connectivity index (χ1v) is 7.78. The van der Waals surface area contributed by atoms with Gasteiger partial charge in [0.1, 0.15) is 5.82 Å². The molecular weight excluding hydrogens is 309 g/mol. The van der Waals surface area contributed by atoms with Crippen LogP contribution in [0.3, 0.4) is 0 Å². The number of esters is 1. The normalized spacial score (nSPS) is 11.6. The molecular formula is C19H20FNO3. The van der Waals surface area contributed by atoms with E-state index >= 15 is 0 Å². The highest BCUT2D eigenvalue weighted by Gasteiger charge is 2.15.